The number of hydrogen-bond acceptors (Lipinski definition) is 4. The van der Waals surface area contributed by atoms with Crippen LogP contribution in [-0.4, -0.2) is 23.7 Å². The van der Waals surface area contributed by atoms with Gasteiger partial charge in [0.2, 0.25) is 0 Å². The van der Waals surface area contributed by atoms with E-state index in [2.05, 4.69) is 10.9 Å². The van der Waals surface area contributed by atoms with Crippen LogP contribution < -0.4 is 15.6 Å². The second-order valence-electron chi connectivity index (χ2n) is 5.47. The SMILES string of the molecule is CCOc1ccc(C(=O)NNC(=O)[C@H](C)Sc2ccc(C)cc2)cc1. The smallest absolute Gasteiger partial charge is 0.269 e. The summed E-state index contributed by atoms with van der Waals surface area (Å²) in [5.41, 5.74) is 6.51. The van der Waals surface area contributed by atoms with E-state index in [0.717, 1.165) is 4.90 Å². The number of nitrogens with one attached hydrogen (secondary N) is 2. The molecule has 5 nitrogen and oxygen atoms in total. The van der Waals surface area contributed by atoms with Gasteiger partial charge in [0.25, 0.3) is 11.8 Å². The Morgan fingerprint density at radius 2 is 1.68 bits per heavy atom. The summed E-state index contributed by atoms with van der Waals surface area (Å²) in [6.45, 7) is 6.27. The van der Waals surface area contributed by atoms with Crippen LogP contribution in [0.2, 0.25) is 0 Å². The number of aryl methyl sites for hydroxylation is 1. The van der Waals surface area contributed by atoms with Crippen molar-refractivity contribution in [2.45, 2.75) is 30.9 Å². The molecule has 6 heteroatoms. The molecule has 0 spiro atoms. The molecular formula is C19H22N2O3S. The Hall–Kier alpha value is -2.47. The maximum Gasteiger partial charge on any atom is 0.269 e. The zero-order valence-electron chi connectivity index (χ0n) is 14.5. The van der Waals surface area contributed by atoms with E-state index in [4.69, 9.17) is 4.74 Å². The highest BCUT2D eigenvalue weighted by Crippen LogP contribution is 2.23. The van der Waals surface area contributed by atoms with Gasteiger partial charge in [0, 0.05) is 10.5 Å². The van der Waals surface area contributed by atoms with E-state index >= 15 is 0 Å². The fourth-order valence-electron chi connectivity index (χ4n) is 2.04. The third-order valence-corrected chi connectivity index (χ3v) is 4.54. The van der Waals surface area contributed by atoms with Crippen molar-refractivity contribution in [3.63, 3.8) is 0 Å². The highest BCUT2D eigenvalue weighted by Gasteiger charge is 2.15. The lowest BCUT2D eigenvalue weighted by Crippen LogP contribution is -2.44. The number of benzene rings is 2. The second kappa shape index (κ2) is 9.13. The maximum absolute atomic E-state index is 12.1. The van der Waals surface area contributed by atoms with Crippen molar-refractivity contribution in [1.82, 2.24) is 10.9 Å². The van der Waals surface area contributed by atoms with Gasteiger partial charge in [0.05, 0.1) is 11.9 Å². The van der Waals surface area contributed by atoms with Crippen molar-refractivity contribution in [1.29, 1.82) is 0 Å². The lowest BCUT2D eigenvalue weighted by Gasteiger charge is -2.13. The highest BCUT2D eigenvalue weighted by molar-refractivity contribution is 8.00. The van der Waals surface area contributed by atoms with E-state index in [1.165, 1.54) is 17.3 Å². The molecule has 0 fully saturated rings. The molecular weight excluding hydrogens is 336 g/mol. The van der Waals surface area contributed by atoms with Gasteiger partial charge in [-0.1, -0.05) is 17.7 Å². The van der Waals surface area contributed by atoms with Crippen molar-refractivity contribution < 1.29 is 14.3 Å². The Balaban J connectivity index is 1.83. The molecule has 2 N–H and O–H groups in total. The Morgan fingerprint density at radius 3 is 2.28 bits per heavy atom. The molecule has 1 atom stereocenters. The van der Waals surface area contributed by atoms with Gasteiger partial charge in [0.15, 0.2) is 0 Å². The number of carbonyl (C=O) groups is 2. The third-order valence-electron chi connectivity index (χ3n) is 3.43. The van der Waals surface area contributed by atoms with Gasteiger partial charge in [-0.2, -0.15) is 0 Å². The predicted molar refractivity (Wildman–Crippen MR) is 99.7 cm³/mol. The van der Waals surface area contributed by atoms with Gasteiger partial charge in [-0.15, -0.1) is 11.8 Å². The van der Waals surface area contributed by atoms with Crippen LogP contribution in [0.15, 0.2) is 53.4 Å². The van der Waals surface area contributed by atoms with Crippen molar-refractivity contribution in [3.8, 4) is 5.75 Å². The Bertz CT molecular complexity index is 714. The first-order valence-electron chi connectivity index (χ1n) is 8.06. The summed E-state index contributed by atoms with van der Waals surface area (Å²) in [6, 6.07) is 14.7. The van der Waals surface area contributed by atoms with E-state index in [1.807, 2.05) is 38.1 Å². The Morgan fingerprint density at radius 1 is 1.04 bits per heavy atom. The van der Waals surface area contributed by atoms with E-state index in [9.17, 15) is 9.59 Å². The number of carbonyl (C=O) groups excluding carboxylic acids is 2. The van der Waals surface area contributed by atoms with Gasteiger partial charge in [0.1, 0.15) is 5.75 Å². The van der Waals surface area contributed by atoms with E-state index in [0.29, 0.717) is 17.9 Å². The minimum atomic E-state index is -0.371. The highest BCUT2D eigenvalue weighted by atomic mass is 32.2. The molecule has 0 aliphatic rings. The lowest BCUT2D eigenvalue weighted by molar-refractivity contribution is -0.121. The lowest BCUT2D eigenvalue weighted by atomic mass is 10.2. The van der Waals surface area contributed by atoms with Crippen LogP contribution in [0.25, 0.3) is 0 Å². The molecule has 0 heterocycles. The molecule has 0 unspecified atom stereocenters. The molecule has 2 aromatic carbocycles. The molecule has 0 saturated heterocycles. The second-order valence-corrected chi connectivity index (χ2v) is 6.89. The average Bonchev–Trinajstić information content (AvgIpc) is 2.62. The number of thioether (sulfide) groups is 1. The topological polar surface area (TPSA) is 67.4 Å². The number of hydrazine groups is 1. The molecule has 0 radical (unpaired) electrons. The monoisotopic (exact) mass is 358 g/mol. The summed E-state index contributed by atoms with van der Waals surface area (Å²) in [4.78, 5) is 25.2. The van der Waals surface area contributed by atoms with Crippen LogP contribution in [0.5, 0.6) is 5.75 Å². The standard InChI is InChI=1S/C19H22N2O3S/c1-4-24-16-9-7-15(8-10-16)19(23)21-20-18(22)14(3)25-17-11-5-13(2)6-12-17/h5-12,14H,4H2,1-3H3,(H,20,22)(H,21,23)/t14-/m0/s1. The van der Waals surface area contributed by atoms with Crippen molar-refractivity contribution in [2.75, 3.05) is 6.61 Å². The number of rotatable bonds is 6. The first kappa shape index (κ1) is 18.9. The summed E-state index contributed by atoms with van der Waals surface area (Å²) in [6.07, 6.45) is 0. The first-order chi connectivity index (χ1) is 12.0. The van der Waals surface area contributed by atoms with Gasteiger partial charge in [-0.05, 0) is 57.2 Å². The normalized spacial score (nSPS) is 11.5. The molecule has 25 heavy (non-hydrogen) atoms. The van der Waals surface area contributed by atoms with Crippen molar-refractivity contribution >= 4 is 23.6 Å². The van der Waals surface area contributed by atoms with Crippen molar-refractivity contribution in [3.05, 3.63) is 59.7 Å². The summed E-state index contributed by atoms with van der Waals surface area (Å²) in [5, 5.41) is -0.330. The quantitative estimate of drug-likeness (QED) is 0.614. The van der Waals surface area contributed by atoms with Gasteiger partial charge < -0.3 is 4.74 Å². The first-order valence-corrected chi connectivity index (χ1v) is 8.94. The van der Waals surface area contributed by atoms with E-state index in [-0.39, 0.29) is 17.1 Å². The summed E-state index contributed by atoms with van der Waals surface area (Å²) < 4.78 is 5.33. The van der Waals surface area contributed by atoms with Crippen molar-refractivity contribution in [2.24, 2.45) is 0 Å². The number of ether oxygens (including phenoxy) is 1. The van der Waals surface area contributed by atoms with Crippen LogP contribution in [0.4, 0.5) is 0 Å². The van der Waals surface area contributed by atoms with E-state index in [1.54, 1.807) is 31.2 Å². The zero-order valence-corrected chi connectivity index (χ0v) is 15.4. The van der Waals surface area contributed by atoms with Crippen LogP contribution in [-0.2, 0) is 4.79 Å². The molecule has 2 amide bonds. The predicted octanol–water partition coefficient (Wildman–Crippen LogP) is 3.34. The van der Waals surface area contributed by atoms with Crippen LogP contribution in [0.3, 0.4) is 0 Å². The fraction of sp³-hybridized carbons (Fsp3) is 0.263. The Kier molecular flexibility index (Phi) is 6.89. The van der Waals surface area contributed by atoms with Gasteiger partial charge >= 0.3 is 0 Å². The average molecular weight is 358 g/mol. The molecule has 132 valence electrons. The molecule has 0 aliphatic heterocycles. The molecule has 2 rings (SSSR count). The largest absolute Gasteiger partial charge is 0.494 e. The third kappa shape index (κ3) is 5.83. The summed E-state index contributed by atoms with van der Waals surface area (Å²) >= 11 is 1.44. The molecule has 2 aromatic rings. The van der Waals surface area contributed by atoms with Gasteiger partial charge in [-0.25, -0.2) is 0 Å². The Labute approximate surface area is 152 Å². The molecule has 0 saturated carbocycles. The van der Waals surface area contributed by atoms with Crippen LogP contribution in [0.1, 0.15) is 29.8 Å². The zero-order chi connectivity index (χ0) is 18.2. The molecule has 0 aromatic heterocycles. The number of hydrogen-bond donors (Lipinski definition) is 2. The van der Waals surface area contributed by atoms with E-state index < -0.39 is 0 Å². The molecule has 0 bridgehead atoms. The maximum atomic E-state index is 12.1. The summed E-state index contributed by atoms with van der Waals surface area (Å²) in [7, 11) is 0. The molecule has 0 aliphatic carbocycles. The van der Waals surface area contributed by atoms with Gasteiger partial charge in [-0.3, -0.25) is 20.4 Å². The minimum Gasteiger partial charge on any atom is -0.494 e. The van der Waals surface area contributed by atoms with Crippen LogP contribution >= 0.6 is 11.8 Å². The minimum absolute atomic E-state index is 0.259. The summed E-state index contributed by atoms with van der Waals surface area (Å²) in [5.74, 6) is 0.0694. The fourth-order valence-corrected chi connectivity index (χ4v) is 2.90. The van der Waals surface area contributed by atoms with Crippen LogP contribution in [0, 0.1) is 6.92 Å². The number of amides is 2.